The summed E-state index contributed by atoms with van der Waals surface area (Å²) < 4.78 is 7.00. The highest BCUT2D eigenvalue weighted by Gasteiger charge is 2.15. The van der Waals surface area contributed by atoms with Gasteiger partial charge in [0.05, 0.1) is 18.9 Å². The van der Waals surface area contributed by atoms with Gasteiger partial charge in [0.25, 0.3) is 0 Å². The molecule has 0 bridgehead atoms. The van der Waals surface area contributed by atoms with Crippen LogP contribution < -0.4 is 5.73 Å². The number of amidine groups is 1. The molecule has 1 aromatic heterocycles. The SMILES string of the molecule is C=NN=C(C=C(N)n1ccc(-c2cccc(C)c2)n1)N1CCOCC1. The summed E-state index contributed by atoms with van der Waals surface area (Å²) in [6, 6.07) is 10.1. The molecule has 0 radical (unpaired) electrons. The fourth-order valence-electron chi connectivity index (χ4n) is 2.67. The van der Waals surface area contributed by atoms with Gasteiger partial charge in [-0.2, -0.15) is 10.2 Å². The van der Waals surface area contributed by atoms with E-state index in [1.807, 2.05) is 24.4 Å². The number of aryl methyl sites for hydroxylation is 1. The molecule has 130 valence electrons. The number of aromatic nitrogens is 2. The van der Waals surface area contributed by atoms with Crippen LogP contribution in [0.4, 0.5) is 0 Å². The predicted molar refractivity (Wildman–Crippen MR) is 100 cm³/mol. The lowest BCUT2D eigenvalue weighted by Gasteiger charge is -2.28. The Morgan fingerprint density at radius 2 is 2.12 bits per heavy atom. The quantitative estimate of drug-likeness (QED) is 0.525. The first-order valence-corrected chi connectivity index (χ1v) is 8.14. The summed E-state index contributed by atoms with van der Waals surface area (Å²) in [5, 5.41) is 12.3. The maximum Gasteiger partial charge on any atom is 0.154 e. The second-order valence-corrected chi connectivity index (χ2v) is 5.78. The van der Waals surface area contributed by atoms with Crippen molar-refractivity contribution in [2.24, 2.45) is 15.9 Å². The van der Waals surface area contributed by atoms with Crippen LogP contribution in [0.2, 0.25) is 0 Å². The summed E-state index contributed by atoms with van der Waals surface area (Å²) in [6.45, 7) is 8.29. The first-order chi connectivity index (χ1) is 12.2. The fourth-order valence-corrected chi connectivity index (χ4v) is 2.67. The van der Waals surface area contributed by atoms with Crippen LogP contribution in [0.3, 0.4) is 0 Å². The smallest absolute Gasteiger partial charge is 0.154 e. The average molecular weight is 338 g/mol. The lowest BCUT2D eigenvalue weighted by atomic mass is 10.1. The number of ether oxygens (including phenoxy) is 1. The number of nitrogens with zero attached hydrogens (tertiary/aromatic N) is 5. The molecule has 2 aromatic rings. The lowest BCUT2D eigenvalue weighted by molar-refractivity contribution is 0.0683. The first kappa shape index (κ1) is 16.9. The van der Waals surface area contributed by atoms with E-state index >= 15 is 0 Å². The average Bonchev–Trinajstić information content (AvgIpc) is 3.12. The number of benzene rings is 1. The second kappa shape index (κ2) is 7.76. The highest BCUT2D eigenvalue weighted by atomic mass is 16.5. The van der Waals surface area contributed by atoms with E-state index in [9.17, 15) is 0 Å². The number of morpholine rings is 1. The van der Waals surface area contributed by atoms with Gasteiger partial charge in [0.1, 0.15) is 5.82 Å². The van der Waals surface area contributed by atoms with Gasteiger partial charge in [0.2, 0.25) is 0 Å². The molecule has 0 saturated carbocycles. The second-order valence-electron chi connectivity index (χ2n) is 5.78. The minimum atomic E-state index is 0.466. The monoisotopic (exact) mass is 338 g/mol. The minimum Gasteiger partial charge on any atom is -0.384 e. The van der Waals surface area contributed by atoms with Gasteiger partial charge < -0.3 is 15.4 Å². The molecule has 0 spiro atoms. The van der Waals surface area contributed by atoms with E-state index in [0.29, 0.717) is 24.9 Å². The van der Waals surface area contributed by atoms with Gasteiger partial charge in [0, 0.05) is 37.6 Å². The van der Waals surface area contributed by atoms with Crippen molar-refractivity contribution in [1.82, 2.24) is 14.7 Å². The van der Waals surface area contributed by atoms with Crippen molar-refractivity contribution in [3.05, 3.63) is 48.2 Å². The Balaban J connectivity index is 1.84. The Morgan fingerprint density at radius 3 is 2.84 bits per heavy atom. The summed E-state index contributed by atoms with van der Waals surface area (Å²) in [5.74, 6) is 1.12. The number of hydrogen-bond donors (Lipinski definition) is 1. The van der Waals surface area contributed by atoms with Gasteiger partial charge in [-0.25, -0.2) is 4.68 Å². The summed E-state index contributed by atoms with van der Waals surface area (Å²) in [7, 11) is 0. The predicted octanol–water partition coefficient (Wildman–Crippen LogP) is 1.96. The van der Waals surface area contributed by atoms with Crippen LogP contribution in [-0.4, -0.2) is 53.5 Å². The van der Waals surface area contributed by atoms with Gasteiger partial charge in [-0.15, -0.1) is 5.10 Å². The van der Waals surface area contributed by atoms with Crippen LogP contribution in [0.25, 0.3) is 17.1 Å². The Hall–Kier alpha value is -2.93. The van der Waals surface area contributed by atoms with Gasteiger partial charge >= 0.3 is 0 Å². The molecule has 1 fully saturated rings. The molecule has 1 aliphatic rings. The van der Waals surface area contributed by atoms with Crippen LogP contribution in [0.15, 0.2) is 52.8 Å². The Bertz CT molecular complexity index is 801. The molecular formula is C18H22N6O. The van der Waals surface area contributed by atoms with Crippen molar-refractivity contribution in [2.75, 3.05) is 26.3 Å². The molecule has 2 N–H and O–H groups in total. The van der Waals surface area contributed by atoms with E-state index < -0.39 is 0 Å². The Kier molecular flexibility index (Phi) is 5.25. The Labute approximate surface area is 147 Å². The van der Waals surface area contributed by atoms with Crippen LogP contribution in [-0.2, 0) is 4.74 Å². The minimum absolute atomic E-state index is 0.466. The van der Waals surface area contributed by atoms with E-state index in [-0.39, 0.29) is 0 Å². The summed E-state index contributed by atoms with van der Waals surface area (Å²) in [4.78, 5) is 2.07. The van der Waals surface area contributed by atoms with E-state index in [0.717, 1.165) is 24.3 Å². The molecule has 0 amide bonds. The third kappa shape index (κ3) is 4.13. The van der Waals surface area contributed by atoms with Gasteiger partial charge in [-0.05, 0) is 19.1 Å². The third-order valence-corrected chi connectivity index (χ3v) is 3.95. The highest BCUT2D eigenvalue weighted by molar-refractivity contribution is 5.96. The molecule has 2 heterocycles. The molecule has 7 heteroatoms. The van der Waals surface area contributed by atoms with E-state index in [4.69, 9.17) is 10.5 Å². The molecule has 0 atom stereocenters. The number of nitrogens with two attached hydrogens (primary N) is 1. The molecule has 3 rings (SSSR count). The topological polar surface area (TPSA) is 81.0 Å². The first-order valence-electron chi connectivity index (χ1n) is 8.14. The largest absolute Gasteiger partial charge is 0.384 e. The van der Waals surface area contributed by atoms with Gasteiger partial charge in [-0.1, -0.05) is 23.8 Å². The molecule has 7 nitrogen and oxygen atoms in total. The molecule has 1 saturated heterocycles. The highest BCUT2D eigenvalue weighted by Crippen LogP contribution is 2.18. The molecule has 0 unspecified atom stereocenters. The van der Waals surface area contributed by atoms with Crippen LogP contribution >= 0.6 is 0 Å². The van der Waals surface area contributed by atoms with Gasteiger partial charge in [0.15, 0.2) is 5.84 Å². The maximum absolute atomic E-state index is 6.21. The molecule has 1 aliphatic heterocycles. The lowest BCUT2D eigenvalue weighted by Crippen LogP contribution is -2.40. The van der Waals surface area contributed by atoms with Crippen molar-refractivity contribution >= 4 is 18.4 Å². The fraction of sp³-hybridized carbons (Fsp3) is 0.278. The normalized spacial score (nSPS) is 16.1. The summed E-state index contributed by atoms with van der Waals surface area (Å²) in [6.07, 6.45) is 3.59. The van der Waals surface area contributed by atoms with Crippen molar-refractivity contribution in [3.63, 3.8) is 0 Å². The van der Waals surface area contributed by atoms with Crippen molar-refractivity contribution in [1.29, 1.82) is 0 Å². The van der Waals surface area contributed by atoms with Crippen molar-refractivity contribution in [2.45, 2.75) is 6.92 Å². The molecule has 25 heavy (non-hydrogen) atoms. The van der Waals surface area contributed by atoms with Crippen molar-refractivity contribution in [3.8, 4) is 11.3 Å². The molecule has 0 aliphatic carbocycles. The van der Waals surface area contributed by atoms with Crippen molar-refractivity contribution < 1.29 is 4.74 Å². The molecule has 1 aromatic carbocycles. The zero-order valence-electron chi connectivity index (χ0n) is 14.3. The Morgan fingerprint density at radius 1 is 1.32 bits per heavy atom. The number of hydrogen-bond acceptors (Lipinski definition) is 5. The van der Waals surface area contributed by atoms with Crippen LogP contribution in [0.1, 0.15) is 5.56 Å². The van der Waals surface area contributed by atoms with Crippen LogP contribution in [0, 0.1) is 6.92 Å². The zero-order chi connectivity index (χ0) is 17.6. The zero-order valence-corrected chi connectivity index (χ0v) is 14.3. The van der Waals surface area contributed by atoms with E-state index in [2.05, 4.69) is 46.0 Å². The number of rotatable bonds is 4. The van der Waals surface area contributed by atoms with E-state index in [1.54, 1.807) is 10.8 Å². The van der Waals surface area contributed by atoms with Gasteiger partial charge in [-0.3, -0.25) is 0 Å². The summed E-state index contributed by atoms with van der Waals surface area (Å²) >= 11 is 0. The standard InChI is InChI=1S/C18H22N6O/c1-14-4-3-5-15(12-14)16-6-7-24(22-16)17(19)13-18(21-20-2)23-8-10-25-11-9-23/h3-7,12-13H,2,8-11,19H2,1H3. The molecular weight excluding hydrogens is 316 g/mol. The third-order valence-electron chi connectivity index (χ3n) is 3.95. The van der Waals surface area contributed by atoms with Crippen LogP contribution in [0.5, 0.6) is 0 Å². The summed E-state index contributed by atoms with van der Waals surface area (Å²) in [5.41, 5.74) is 9.33. The maximum atomic E-state index is 6.21. The van der Waals surface area contributed by atoms with E-state index in [1.165, 1.54) is 5.56 Å².